The number of benzene rings is 2. The summed E-state index contributed by atoms with van der Waals surface area (Å²) in [6, 6.07) is 18.0. The van der Waals surface area contributed by atoms with E-state index in [2.05, 4.69) is 17.0 Å². The van der Waals surface area contributed by atoms with Crippen LogP contribution in [-0.4, -0.2) is 58.3 Å². The molecule has 2 aromatic carbocycles. The molecule has 0 amide bonds. The van der Waals surface area contributed by atoms with Crippen LogP contribution in [0.2, 0.25) is 0 Å². The summed E-state index contributed by atoms with van der Waals surface area (Å²) < 4.78 is 6.82. The van der Waals surface area contributed by atoms with Gasteiger partial charge in [0, 0.05) is 31.7 Å². The van der Waals surface area contributed by atoms with Gasteiger partial charge in [-0.3, -0.25) is 0 Å². The van der Waals surface area contributed by atoms with Crippen LogP contribution in [0.3, 0.4) is 0 Å². The van der Waals surface area contributed by atoms with E-state index in [1.54, 1.807) is 30.6 Å². The fraction of sp³-hybridized carbons (Fsp3) is 0.346. The number of aliphatic hydroxyl groups is 1. The Morgan fingerprint density at radius 3 is 2.06 bits per heavy atom. The number of ether oxygens (including phenoxy) is 1. The smallest absolute Gasteiger partial charge is 0.347 e. The summed E-state index contributed by atoms with van der Waals surface area (Å²) in [7, 11) is 2.24. The number of quaternary nitrogens is 1. The summed E-state index contributed by atoms with van der Waals surface area (Å²) in [5.74, 6) is -0.613. The molecule has 0 aliphatic carbocycles. The van der Waals surface area contributed by atoms with E-state index in [4.69, 9.17) is 4.74 Å². The van der Waals surface area contributed by atoms with Crippen LogP contribution in [0.25, 0.3) is 0 Å². The fourth-order valence-electron chi connectivity index (χ4n) is 4.36. The van der Waals surface area contributed by atoms with Crippen LogP contribution in [0.5, 0.6) is 0 Å². The van der Waals surface area contributed by atoms with Gasteiger partial charge in [-0.05, 0) is 16.7 Å². The zero-order valence-electron chi connectivity index (χ0n) is 18.4. The molecule has 1 aliphatic heterocycles. The molecule has 3 aromatic rings. The Morgan fingerprint density at radius 1 is 1.00 bits per heavy atom. The first-order valence-electron chi connectivity index (χ1n) is 11.1. The highest BCUT2D eigenvalue weighted by atomic mass is 16.6. The molecule has 0 bridgehead atoms. The number of piperidine rings is 1. The number of aromatic nitrogens is 2. The summed E-state index contributed by atoms with van der Waals surface area (Å²) in [5.41, 5.74) is 0.331. The van der Waals surface area contributed by atoms with Gasteiger partial charge in [-0.1, -0.05) is 60.7 Å². The van der Waals surface area contributed by atoms with Gasteiger partial charge in [0.05, 0.1) is 26.7 Å². The van der Waals surface area contributed by atoms with Crippen LogP contribution in [0.4, 0.5) is 0 Å². The minimum Gasteiger partial charge on any atom is -0.459 e. The van der Waals surface area contributed by atoms with Gasteiger partial charge in [0.1, 0.15) is 12.4 Å². The van der Waals surface area contributed by atoms with Crippen molar-refractivity contribution in [3.8, 4) is 0 Å². The second kappa shape index (κ2) is 9.59. The van der Waals surface area contributed by atoms with Crippen molar-refractivity contribution in [2.45, 2.75) is 31.0 Å². The van der Waals surface area contributed by atoms with E-state index in [0.717, 1.165) is 48.9 Å². The fourth-order valence-corrected chi connectivity index (χ4v) is 4.36. The molecule has 1 aromatic heterocycles. The van der Waals surface area contributed by atoms with Gasteiger partial charge in [-0.15, -0.1) is 0 Å². The number of nitrogens with zero attached hydrogens (tertiary/aromatic N) is 3. The topological polar surface area (TPSA) is 72.3 Å². The van der Waals surface area contributed by atoms with E-state index in [9.17, 15) is 9.90 Å². The van der Waals surface area contributed by atoms with Crippen molar-refractivity contribution in [2.75, 3.05) is 26.7 Å². The third kappa shape index (κ3) is 4.87. The van der Waals surface area contributed by atoms with Gasteiger partial charge in [0.25, 0.3) is 0 Å². The number of carbonyl (C=O) groups excluding carboxylic acids is 1. The second-order valence-corrected chi connectivity index (χ2v) is 8.83. The van der Waals surface area contributed by atoms with Crippen molar-refractivity contribution < 1.29 is 19.1 Å². The molecule has 6 heteroatoms. The minimum absolute atomic E-state index is 0.201. The molecule has 0 atom stereocenters. The SMILES string of the molecule is C[N+]1(CCc2cncnc2)CCC(OC(=O)C(O)(c2ccccc2)c2ccccc2)CC1. The Kier molecular flexibility index (Phi) is 6.63. The molecular formula is C26H30N3O3+. The van der Waals surface area contributed by atoms with E-state index in [0.29, 0.717) is 11.1 Å². The standard InChI is InChI=1S/C26H30N3O3/c1-29(15-12-21-18-27-20-28-19-21)16-13-24(14-17-29)32-25(30)26(31,22-8-4-2-5-9-22)23-10-6-3-7-11-23/h2-11,18-20,24,31H,12-17H2,1H3/q+1. The number of carbonyl (C=O) groups is 1. The number of likely N-dealkylation sites (N-methyl/N-ethyl adjacent to an activating group) is 1. The first kappa shape index (κ1) is 22.1. The normalized spacial score (nSPS) is 21.1. The summed E-state index contributed by atoms with van der Waals surface area (Å²) >= 11 is 0. The number of likely N-dealkylation sites (tertiary alicyclic amines) is 1. The summed E-state index contributed by atoms with van der Waals surface area (Å²) in [6.45, 7) is 2.83. The molecule has 32 heavy (non-hydrogen) atoms. The lowest BCUT2D eigenvalue weighted by Crippen LogP contribution is -2.53. The number of esters is 1. The predicted molar refractivity (Wildman–Crippen MR) is 122 cm³/mol. The molecule has 2 heterocycles. The Hall–Kier alpha value is -3.09. The van der Waals surface area contributed by atoms with Gasteiger partial charge in [0.2, 0.25) is 5.60 Å². The maximum Gasteiger partial charge on any atom is 0.347 e. The summed E-state index contributed by atoms with van der Waals surface area (Å²) in [5, 5.41) is 11.6. The lowest BCUT2D eigenvalue weighted by Gasteiger charge is -2.41. The molecule has 0 radical (unpaired) electrons. The Labute approximate surface area is 189 Å². The molecule has 0 spiro atoms. The summed E-state index contributed by atoms with van der Waals surface area (Å²) in [6.07, 6.45) is 7.53. The average molecular weight is 433 g/mol. The summed E-state index contributed by atoms with van der Waals surface area (Å²) in [4.78, 5) is 21.5. The molecule has 4 rings (SSSR count). The molecule has 1 N–H and O–H groups in total. The monoisotopic (exact) mass is 432 g/mol. The van der Waals surface area contributed by atoms with Gasteiger partial charge >= 0.3 is 5.97 Å². The maximum atomic E-state index is 13.3. The highest BCUT2D eigenvalue weighted by Crippen LogP contribution is 2.32. The van der Waals surface area contributed by atoms with Crippen LogP contribution in [0.1, 0.15) is 29.5 Å². The molecule has 1 fully saturated rings. The minimum atomic E-state index is -1.83. The number of hydrogen-bond acceptors (Lipinski definition) is 5. The Balaban J connectivity index is 1.42. The first-order valence-corrected chi connectivity index (χ1v) is 11.1. The number of rotatable bonds is 7. The van der Waals surface area contributed by atoms with Crippen LogP contribution < -0.4 is 0 Å². The average Bonchev–Trinajstić information content (AvgIpc) is 2.85. The quantitative estimate of drug-likeness (QED) is 0.459. The van der Waals surface area contributed by atoms with Crippen LogP contribution in [0, 0.1) is 0 Å². The molecule has 6 nitrogen and oxygen atoms in total. The van der Waals surface area contributed by atoms with E-state index in [1.165, 1.54) is 0 Å². The Bertz CT molecular complexity index is 965. The van der Waals surface area contributed by atoms with Gasteiger partial charge in [-0.2, -0.15) is 0 Å². The van der Waals surface area contributed by atoms with Crippen molar-refractivity contribution in [2.24, 2.45) is 0 Å². The van der Waals surface area contributed by atoms with E-state index in [1.807, 2.05) is 48.8 Å². The van der Waals surface area contributed by atoms with E-state index >= 15 is 0 Å². The van der Waals surface area contributed by atoms with E-state index in [-0.39, 0.29) is 6.10 Å². The first-order chi connectivity index (χ1) is 15.5. The molecule has 0 saturated carbocycles. The highest BCUT2D eigenvalue weighted by molar-refractivity contribution is 5.85. The van der Waals surface area contributed by atoms with Crippen molar-refractivity contribution in [1.82, 2.24) is 9.97 Å². The van der Waals surface area contributed by atoms with Crippen molar-refractivity contribution in [3.63, 3.8) is 0 Å². The van der Waals surface area contributed by atoms with Gasteiger partial charge < -0.3 is 14.3 Å². The molecule has 1 saturated heterocycles. The largest absolute Gasteiger partial charge is 0.459 e. The van der Waals surface area contributed by atoms with Crippen molar-refractivity contribution in [1.29, 1.82) is 0 Å². The van der Waals surface area contributed by atoms with Crippen molar-refractivity contribution >= 4 is 5.97 Å². The molecular weight excluding hydrogens is 402 g/mol. The second-order valence-electron chi connectivity index (χ2n) is 8.83. The highest BCUT2D eigenvalue weighted by Gasteiger charge is 2.43. The van der Waals surface area contributed by atoms with Gasteiger partial charge in [-0.25, -0.2) is 14.8 Å². The zero-order chi connectivity index (χ0) is 22.4. The third-order valence-corrected chi connectivity index (χ3v) is 6.49. The van der Waals surface area contributed by atoms with Crippen molar-refractivity contribution in [3.05, 3.63) is 96.1 Å². The van der Waals surface area contributed by atoms with Crippen LogP contribution >= 0.6 is 0 Å². The lowest BCUT2D eigenvalue weighted by molar-refractivity contribution is -0.914. The lowest BCUT2D eigenvalue weighted by atomic mass is 9.86. The molecule has 166 valence electrons. The van der Waals surface area contributed by atoms with Gasteiger partial charge in [0.15, 0.2) is 0 Å². The third-order valence-electron chi connectivity index (χ3n) is 6.49. The maximum absolute atomic E-state index is 13.3. The zero-order valence-corrected chi connectivity index (χ0v) is 18.4. The predicted octanol–water partition coefficient (Wildman–Crippen LogP) is 3.11. The van der Waals surface area contributed by atoms with Crippen LogP contribution in [-0.2, 0) is 21.6 Å². The van der Waals surface area contributed by atoms with Crippen LogP contribution in [0.15, 0.2) is 79.4 Å². The number of hydrogen-bond donors (Lipinski definition) is 1. The molecule has 0 unspecified atom stereocenters. The molecule has 1 aliphatic rings. The van der Waals surface area contributed by atoms with E-state index < -0.39 is 11.6 Å². The Morgan fingerprint density at radius 2 is 1.53 bits per heavy atom.